The van der Waals surface area contributed by atoms with Crippen LogP contribution in [0, 0.1) is 0 Å². The molecule has 2 aromatic heterocycles. The summed E-state index contributed by atoms with van der Waals surface area (Å²) in [5.74, 6) is 1.39. The molecule has 2 amide bonds. The Kier molecular flexibility index (Phi) is 11.3. The molecule has 4 heterocycles. The average molecular weight is 813 g/mol. The average Bonchev–Trinajstić information content (AvgIpc) is 3.65. The van der Waals surface area contributed by atoms with Crippen LogP contribution in [0.5, 0.6) is 17.2 Å². The lowest BCUT2D eigenvalue weighted by atomic mass is 10.0. The van der Waals surface area contributed by atoms with Crippen LogP contribution in [0.1, 0.15) is 49.1 Å². The number of carbonyl (C=O) groups excluding carboxylic acids is 2. The molecule has 0 atom stereocenters. The van der Waals surface area contributed by atoms with Crippen molar-refractivity contribution in [3.05, 3.63) is 106 Å². The fourth-order valence-electron chi connectivity index (χ4n) is 8.03. The lowest BCUT2D eigenvalue weighted by Gasteiger charge is -2.38. The number of aryl methyl sites for hydroxylation is 1. The van der Waals surface area contributed by atoms with E-state index in [1.807, 2.05) is 36.9 Å². The van der Waals surface area contributed by atoms with Crippen LogP contribution in [0.15, 0.2) is 77.6 Å². The number of hydrogen-bond acceptors (Lipinski definition) is 12. The van der Waals surface area contributed by atoms with Crippen LogP contribution < -0.4 is 26.1 Å². The van der Waals surface area contributed by atoms with Gasteiger partial charge in [0.2, 0.25) is 17.8 Å². The summed E-state index contributed by atoms with van der Waals surface area (Å²) in [6, 6.07) is 21.5. The molecule has 2 aliphatic heterocycles. The molecule has 1 fully saturated rings. The Morgan fingerprint density at radius 2 is 1.65 bits per heavy atom. The van der Waals surface area contributed by atoms with E-state index in [1.165, 1.54) is 10.6 Å². The van der Waals surface area contributed by atoms with Crippen molar-refractivity contribution < 1.29 is 24.9 Å². The summed E-state index contributed by atoms with van der Waals surface area (Å²) in [5, 5.41) is 46.1. The summed E-state index contributed by atoms with van der Waals surface area (Å²) < 4.78 is 1.34. The van der Waals surface area contributed by atoms with Crippen LogP contribution in [-0.2, 0) is 35.5 Å². The summed E-state index contributed by atoms with van der Waals surface area (Å²) in [7, 11) is 0. The van der Waals surface area contributed by atoms with Gasteiger partial charge in [-0.3, -0.25) is 9.59 Å². The number of aromatic hydroxyl groups is 3. The number of nitrogens with zero attached hydrogens (tertiary/aromatic N) is 7. The van der Waals surface area contributed by atoms with Crippen LogP contribution in [0.2, 0.25) is 0 Å². The number of H-pyrrole nitrogens is 1. The third-order valence-corrected chi connectivity index (χ3v) is 11.3. The summed E-state index contributed by atoms with van der Waals surface area (Å²) in [5.41, 5.74) is 4.61. The molecule has 0 unspecified atom stereocenters. The van der Waals surface area contributed by atoms with E-state index in [0.717, 1.165) is 39.1 Å². The molecule has 0 radical (unpaired) electrons. The van der Waals surface area contributed by atoms with Crippen molar-refractivity contribution in [2.75, 3.05) is 54.4 Å². The lowest BCUT2D eigenvalue weighted by Crippen LogP contribution is -2.49. The van der Waals surface area contributed by atoms with E-state index in [2.05, 4.69) is 36.7 Å². The standard InChI is InChI=1S/C44H48N10O6/c1-3-28-22-34(38(57)24-37(28)56)42-49-50-44(60)54(42)30-11-9-27(10-12-30)25-46-39(58)13-15-45-43-47-35-26-53(36-23-31(55)21-29-7-5-6-8-32(29)36)16-14-33(35)41(48-43)52-19-17-51(18-20-52)40(59)4-2/h5-12,21-24,55-57H,3-4,13-20,25-26H2,1-2H3,(H,46,58)(H,50,60)(H,45,47,48). The second kappa shape index (κ2) is 17.0. The molecule has 1 saturated heterocycles. The summed E-state index contributed by atoms with van der Waals surface area (Å²) in [4.78, 5) is 54.6. The SMILES string of the molecule is CCC(=O)N1CCN(c2nc(NCCC(=O)NCc3ccc(-n4c(-c5cc(CC)c(O)cc5O)n[nH]c4=O)cc3)nc3c2CCN(c2cc(O)cc4ccccc24)C3)CC1. The molecule has 6 N–H and O–H groups in total. The molecule has 310 valence electrons. The van der Waals surface area contributed by atoms with E-state index < -0.39 is 5.69 Å². The Balaban J connectivity index is 0.937. The number of nitrogens with one attached hydrogen (secondary N) is 3. The zero-order valence-electron chi connectivity index (χ0n) is 33.6. The number of carbonyl (C=O) groups is 2. The topological polar surface area (TPSA) is 205 Å². The molecule has 0 bridgehead atoms. The van der Waals surface area contributed by atoms with Gasteiger partial charge in [0.25, 0.3) is 0 Å². The van der Waals surface area contributed by atoms with Gasteiger partial charge in [-0.05, 0) is 53.6 Å². The molecule has 8 rings (SSSR count). The molecule has 0 saturated carbocycles. The summed E-state index contributed by atoms with van der Waals surface area (Å²) in [6.07, 6.45) is 1.86. The van der Waals surface area contributed by atoms with Gasteiger partial charge in [-0.1, -0.05) is 50.2 Å². The van der Waals surface area contributed by atoms with Crippen LogP contribution in [-0.4, -0.2) is 96.0 Å². The molecule has 0 aliphatic carbocycles. The van der Waals surface area contributed by atoms with E-state index >= 15 is 0 Å². The number of aromatic nitrogens is 5. The largest absolute Gasteiger partial charge is 0.508 e. The fraction of sp³-hybridized carbons (Fsp3) is 0.318. The maximum atomic E-state index is 13.0. The first-order valence-corrected chi connectivity index (χ1v) is 20.3. The van der Waals surface area contributed by atoms with Crippen LogP contribution in [0.3, 0.4) is 0 Å². The van der Waals surface area contributed by atoms with Crippen molar-refractivity contribution in [3.8, 4) is 34.3 Å². The molecule has 2 aliphatic rings. The predicted molar refractivity (Wildman–Crippen MR) is 229 cm³/mol. The Hall–Kier alpha value is -7.10. The highest BCUT2D eigenvalue weighted by atomic mass is 16.3. The van der Waals surface area contributed by atoms with Crippen LogP contribution in [0.25, 0.3) is 27.8 Å². The van der Waals surface area contributed by atoms with E-state index in [9.17, 15) is 29.7 Å². The molecule has 16 nitrogen and oxygen atoms in total. The third kappa shape index (κ3) is 8.12. The normalized spacial score (nSPS) is 14.0. The number of piperazine rings is 1. The van der Waals surface area contributed by atoms with Crippen LogP contribution >= 0.6 is 0 Å². The molecular weight excluding hydrogens is 765 g/mol. The van der Waals surface area contributed by atoms with E-state index in [0.29, 0.717) is 87.8 Å². The zero-order valence-corrected chi connectivity index (χ0v) is 33.6. The monoisotopic (exact) mass is 812 g/mol. The first-order valence-electron chi connectivity index (χ1n) is 20.3. The quantitative estimate of drug-likeness (QED) is 0.100. The summed E-state index contributed by atoms with van der Waals surface area (Å²) >= 11 is 0. The summed E-state index contributed by atoms with van der Waals surface area (Å²) in [6.45, 7) is 8.07. The van der Waals surface area contributed by atoms with E-state index in [-0.39, 0.29) is 47.9 Å². The Morgan fingerprint density at radius 1 is 0.867 bits per heavy atom. The number of phenols is 3. The number of amides is 2. The minimum atomic E-state index is -0.493. The molecular formula is C44H48N10O6. The zero-order chi connectivity index (χ0) is 41.9. The second-order valence-corrected chi connectivity index (χ2v) is 15.0. The number of hydrogen-bond donors (Lipinski definition) is 6. The van der Waals surface area contributed by atoms with Gasteiger partial charge < -0.3 is 40.7 Å². The highest BCUT2D eigenvalue weighted by Gasteiger charge is 2.29. The second-order valence-electron chi connectivity index (χ2n) is 15.0. The van der Waals surface area contributed by atoms with Gasteiger partial charge in [0.1, 0.15) is 23.1 Å². The van der Waals surface area contributed by atoms with Gasteiger partial charge in [-0.25, -0.2) is 19.4 Å². The smallest absolute Gasteiger partial charge is 0.348 e. The Bertz CT molecular complexity index is 2620. The maximum Gasteiger partial charge on any atom is 0.348 e. The van der Waals surface area contributed by atoms with Crippen molar-refractivity contribution in [2.45, 2.75) is 52.6 Å². The molecule has 16 heteroatoms. The molecule has 6 aromatic rings. The van der Waals surface area contributed by atoms with Gasteiger partial charge >= 0.3 is 5.69 Å². The highest BCUT2D eigenvalue weighted by Crippen LogP contribution is 2.37. The number of anilines is 3. The van der Waals surface area contributed by atoms with Crippen molar-refractivity contribution in [1.29, 1.82) is 0 Å². The van der Waals surface area contributed by atoms with Crippen molar-refractivity contribution in [1.82, 2.24) is 34.9 Å². The number of aromatic amines is 1. The van der Waals surface area contributed by atoms with Crippen LogP contribution in [0.4, 0.5) is 17.5 Å². The first kappa shape index (κ1) is 39.7. The lowest BCUT2D eigenvalue weighted by molar-refractivity contribution is -0.131. The fourth-order valence-corrected chi connectivity index (χ4v) is 8.03. The minimum absolute atomic E-state index is 0.0356. The number of benzene rings is 4. The van der Waals surface area contributed by atoms with Gasteiger partial charge in [0.15, 0.2) is 5.82 Å². The molecule has 60 heavy (non-hydrogen) atoms. The minimum Gasteiger partial charge on any atom is -0.508 e. The van der Waals surface area contributed by atoms with Gasteiger partial charge in [0.05, 0.1) is 23.5 Å². The van der Waals surface area contributed by atoms with E-state index in [1.54, 1.807) is 42.5 Å². The molecule has 0 spiro atoms. The van der Waals surface area contributed by atoms with Crippen molar-refractivity contribution in [2.24, 2.45) is 0 Å². The number of rotatable bonds is 12. The predicted octanol–water partition coefficient (Wildman–Crippen LogP) is 4.59. The number of fused-ring (bicyclic) bond motifs is 2. The number of phenolic OH excluding ortho intramolecular Hbond substituents is 3. The maximum absolute atomic E-state index is 13.0. The van der Waals surface area contributed by atoms with Gasteiger partial charge in [-0.15, -0.1) is 0 Å². The van der Waals surface area contributed by atoms with Gasteiger partial charge in [-0.2, -0.15) is 10.1 Å². The van der Waals surface area contributed by atoms with E-state index in [4.69, 9.17) is 9.97 Å². The molecule has 4 aromatic carbocycles. The van der Waals surface area contributed by atoms with Crippen molar-refractivity contribution >= 4 is 40.0 Å². The van der Waals surface area contributed by atoms with Gasteiger partial charge in [0, 0.05) is 87.4 Å². The first-order chi connectivity index (χ1) is 29.1. The highest BCUT2D eigenvalue weighted by molar-refractivity contribution is 5.95. The Morgan fingerprint density at radius 3 is 2.42 bits per heavy atom. The third-order valence-electron chi connectivity index (χ3n) is 11.3. The Labute approximate surface area is 346 Å². The van der Waals surface area contributed by atoms with Crippen molar-refractivity contribution in [3.63, 3.8) is 0 Å².